The lowest BCUT2D eigenvalue weighted by Gasteiger charge is -2.42. The van der Waals surface area contributed by atoms with Gasteiger partial charge in [-0.05, 0) is 77.3 Å². The van der Waals surface area contributed by atoms with Gasteiger partial charge < -0.3 is 14.4 Å². The van der Waals surface area contributed by atoms with Crippen LogP contribution in [0.5, 0.6) is 0 Å². The Morgan fingerprint density at radius 2 is 1.89 bits per heavy atom. The number of piperidine rings is 1. The monoisotopic (exact) mass is 501 g/mol. The van der Waals surface area contributed by atoms with Gasteiger partial charge in [0.2, 0.25) is 0 Å². The minimum absolute atomic E-state index is 0.264. The van der Waals surface area contributed by atoms with Crippen LogP contribution in [0.25, 0.3) is 10.9 Å². The Bertz CT molecular complexity index is 1190. The molecule has 188 valence electrons. The predicted molar refractivity (Wildman–Crippen MR) is 135 cm³/mol. The second kappa shape index (κ2) is 9.78. The van der Waals surface area contributed by atoms with E-state index in [2.05, 4.69) is 10.2 Å². The van der Waals surface area contributed by atoms with Gasteiger partial charge in [0.25, 0.3) is 0 Å². The molecule has 35 heavy (non-hydrogen) atoms. The molecule has 0 aliphatic carbocycles. The van der Waals surface area contributed by atoms with Crippen molar-refractivity contribution in [3.8, 4) is 0 Å². The number of benzene rings is 2. The van der Waals surface area contributed by atoms with Crippen molar-refractivity contribution in [2.45, 2.75) is 64.6 Å². The lowest BCUT2D eigenvalue weighted by molar-refractivity contribution is -0.00933. The highest BCUT2D eigenvalue weighted by molar-refractivity contribution is 6.31. The molecule has 1 fully saturated rings. The minimum Gasteiger partial charge on any atom is -0.444 e. The summed E-state index contributed by atoms with van der Waals surface area (Å²) in [6.45, 7) is 11.0. The van der Waals surface area contributed by atoms with Crippen LogP contribution in [0.15, 0.2) is 36.4 Å². The van der Waals surface area contributed by atoms with Gasteiger partial charge in [0.05, 0.1) is 18.2 Å². The molecule has 1 atom stereocenters. The SMILES string of the molecule is Cc1[nH]nc2c([C@@H](C)OCC3(c4ccc(F)cc4)CCN(C(=O)OC(C)(C)C)CC3)cc(Cl)cc12. The van der Waals surface area contributed by atoms with Gasteiger partial charge in [0.15, 0.2) is 0 Å². The number of rotatable bonds is 5. The zero-order valence-electron chi connectivity index (χ0n) is 21.0. The molecule has 0 radical (unpaired) electrons. The molecule has 8 heteroatoms. The number of halogens is 2. The number of aryl methyl sites for hydroxylation is 1. The van der Waals surface area contributed by atoms with Crippen LogP contribution in [0.4, 0.5) is 9.18 Å². The summed E-state index contributed by atoms with van der Waals surface area (Å²) in [6.07, 6.45) is 0.781. The topological polar surface area (TPSA) is 67.5 Å². The third-order valence-electron chi connectivity index (χ3n) is 6.72. The average Bonchev–Trinajstić information content (AvgIpc) is 3.17. The first kappa shape index (κ1) is 25.5. The fourth-order valence-electron chi connectivity index (χ4n) is 4.68. The maximum atomic E-state index is 13.7. The highest BCUT2D eigenvalue weighted by atomic mass is 35.5. The van der Waals surface area contributed by atoms with E-state index < -0.39 is 5.60 Å². The smallest absolute Gasteiger partial charge is 0.410 e. The average molecular weight is 502 g/mol. The van der Waals surface area contributed by atoms with E-state index in [0.29, 0.717) is 37.6 Å². The summed E-state index contributed by atoms with van der Waals surface area (Å²) in [7, 11) is 0. The summed E-state index contributed by atoms with van der Waals surface area (Å²) in [5.41, 5.74) is 2.80. The molecule has 1 saturated heterocycles. The molecule has 1 amide bonds. The number of aromatic nitrogens is 2. The number of ether oxygens (including phenoxy) is 2. The summed E-state index contributed by atoms with van der Waals surface area (Å²) in [5, 5.41) is 9.09. The van der Waals surface area contributed by atoms with E-state index in [-0.39, 0.29) is 23.4 Å². The van der Waals surface area contributed by atoms with Gasteiger partial charge in [-0.1, -0.05) is 23.7 Å². The van der Waals surface area contributed by atoms with Crippen LogP contribution in [-0.2, 0) is 14.9 Å². The number of hydrogen-bond donors (Lipinski definition) is 1. The van der Waals surface area contributed by atoms with Crippen molar-refractivity contribution in [2.24, 2.45) is 0 Å². The fraction of sp³-hybridized carbons (Fsp3) is 0.481. The van der Waals surface area contributed by atoms with Crippen LogP contribution in [0.3, 0.4) is 0 Å². The van der Waals surface area contributed by atoms with Crippen molar-refractivity contribution in [2.75, 3.05) is 19.7 Å². The summed E-state index contributed by atoms with van der Waals surface area (Å²) in [4.78, 5) is 14.4. The number of aromatic amines is 1. The number of amides is 1. The molecule has 1 aliphatic rings. The molecule has 0 saturated carbocycles. The van der Waals surface area contributed by atoms with Gasteiger partial charge in [-0.2, -0.15) is 5.10 Å². The molecular weight excluding hydrogens is 469 g/mol. The van der Waals surface area contributed by atoms with E-state index in [1.54, 1.807) is 4.90 Å². The lowest BCUT2D eigenvalue weighted by Crippen LogP contribution is -2.48. The minimum atomic E-state index is -0.548. The molecule has 2 aromatic carbocycles. The molecule has 0 unspecified atom stereocenters. The van der Waals surface area contributed by atoms with Gasteiger partial charge >= 0.3 is 6.09 Å². The first-order valence-electron chi connectivity index (χ1n) is 12.0. The number of nitrogens with one attached hydrogen (secondary N) is 1. The van der Waals surface area contributed by atoms with Gasteiger partial charge in [0, 0.05) is 40.2 Å². The summed E-state index contributed by atoms with van der Waals surface area (Å²) >= 11 is 6.39. The molecule has 1 N–H and O–H groups in total. The van der Waals surface area contributed by atoms with Crippen molar-refractivity contribution >= 4 is 28.6 Å². The van der Waals surface area contributed by atoms with Crippen molar-refractivity contribution < 1.29 is 18.7 Å². The quantitative estimate of drug-likeness (QED) is 0.422. The number of fused-ring (bicyclic) bond motifs is 1. The summed E-state index contributed by atoms with van der Waals surface area (Å²) in [5.74, 6) is -0.278. The Morgan fingerprint density at radius 1 is 1.23 bits per heavy atom. The largest absolute Gasteiger partial charge is 0.444 e. The van der Waals surface area contributed by atoms with Crippen molar-refractivity contribution in [3.63, 3.8) is 0 Å². The molecule has 1 aromatic heterocycles. The molecule has 6 nitrogen and oxygen atoms in total. The number of nitrogens with zero attached hydrogens (tertiary/aromatic N) is 2. The maximum Gasteiger partial charge on any atom is 0.410 e. The predicted octanol–water partition coefficient (Wildman–Crippen LogP) is 6.71. The first-order valence-corrected chi connectivity index (χ1v) is 12.3. The van der Waals surface area contributed by atoms with Crippen LogP contribution in [0.1, 0.15) is 63.5 Å². The van der Waals surface area contributed by atoms with Gasteiger partial charge in [-0.3, -0.25) is 5.10 Å². The standard InChI is InChI=1S/C27H33ClFN3O3/c1-17-22-14-20(28)15-23(24(22)31-30-17)18(2)34-16-27(19-6-8-21(29)9-7-19)10-12-32(13-11-27)25(33)35-26(3,4)5/h6-9,14-15,18H,10-13,16H2,1-5H3,(H,30,31)/t18-/m1/s1. The van der Waals surface area contributed by atoms with E-state index in [9.17, 15) is 9.18 Å². The Balaban J connectivity index is 1.55. The molecule has 1 aliphatic heterocycles. The zero-order valence-corrected chi connectivity index (χ0v) is 21.7. The summed E-state index contributed by atoms with van der Waals surface area (Å²) in [6, 6.07) is 10.4. The van der Waals surface area contributed by atoms with Gasteiger partial charge in [-0.25, -0.2) is 9.18 Å². The van der Waals surface area contributed by atoms with Crippen LogP contribution in [0.2, 0.25) is 5.02 Å². The van der Waals surface area contributed by atoms with Crippen LogP contribution >= 0.6 is 11.6 Å². The number of likely N-dealkylation sites (tertiary alicyclic amines) is 1. The van der Waals surface area contributed by atoms with Gasteiger partial charge in [0.1, 0.15) is 11.4 Å². The Labute approximate surface area is 210 Å². The van der Waals surface area contributed by atoms with Gasteiger partial charge in [-0.15, -0.1) is 0 Å². The van der Waals surface area contributed by atoms with Crippen molar-refractivity contribution in [3.05, 3.63) is 64.1 Å². The first-order chi connectivity index (χ1) is 16.5. The molecule has 0 bridgehead atoms. The lowest BCUT2D eigenvalue weighted by atomic mass is 9.73. The third kappa shape index (κ3) is 5.62. The molecule has 3 aromatic rings. The third-order valence-corrected chi connectivity index (χ3v) is 6.94. The number of hydrogen-bond acceptors (Lipinski definition) is 4. The van der Waals surface area contributed by atoms with Crippen molar-refractivity contribution in [1.82, 2.24) is 15.1 Å². The summed E-state index contributed by atoms with van der Waals surface area (Å²) < 4.78 is 25.7. The molecule has 0 spiro atoms. The van der Waals surface area contributed by atoms with Crippen LogP contribution in [-0.4, -0.2) is 46.5 Å². The zero-order chi connectivity index (χ0) is 25.4. The van der Waals surface area contributed by atoms with Crippen LogP contribution in [0, 0.1) is 12.7 Å². The fourth-order valence-corrected chi connectivity index (χ4v) is 4.91. The van der Waals surface area contributed by atoms with E-state index in [1.807, 2.05) is 58.9 Å². The Hall–Kier alpha value is -2.64. The Morgan fingerprint density at radius 3 is 2.51 bits per heavy atom. The second-order valence-electron chi connectivity index (χ2n) is 10.4. The highest BCUT2D eigenvalue weighted by Crippen LogP contribution is 2.39. The molecule has 2 heterocycles. The van der Waals surface area contributed by atoms with E-state index in [4.69, 9.17) is 21.1 Å². The molecule has 4 rings (SSSR count). The van der Waals surface area contributed by atoms with E-state index >= 15 is 0 Å². The normalized spacial score (nSPS) is 16.9. The number of H-pyrrole nitrogens is 1. The highest BCUT2D eigenvalue weighted by Gasteiger charge is 2.39. The van der Waals surface area contributed by atoms with E-state index in [0.717, 1.165) is 27.7 Å². The second-order valence-corrected chi connectivity index (χ2v) is 10.9. The number of carbonyl (C=O) groups excluding carboxylic acids is 1. The van der Waals surface area contributed by atoms with Crippen LogP contribution < -0.4 is 0 Å². The molecular formula is C27H33ClFN3O3. The maximum absolute atomic E-state index is 13.7. The van der Waals surface area contributed by atoms with Crippen molar-refractivity contribution in [1.29, 1.82) is 0 Å². The van der Waals surface area contributed by atoms with E-state index in [1.165, 1.54) is 12.1 Å². The number of carbonyl (C=O) groups is 1. The Kier molecular flexibility index (Phi) is 7.11.